The Morgan fingerprint density at radius 1 is 1.03 bits per heavy atom. The third-order valence-electron chi connectivity index (χ3n) is 5.68. The fourth-order valence-corrected chi connectivity index (χ4v) is 5.59. The van der Waals surface area contributed by atoms with Crippen LogP contribution < -0.4 is 9.73 Å². The smallest absolute Gasteiger partial charge is 0.264 e. The molecular weight excluding hydrogens is 559 g/mol. The van der Waals surface area contributed by atoms with Gasteiger partial charge in [-0.15, -0.1) is 0 Å². The molecule has 0 saturated heterocycles. The van der Waals surface area contributed by atoms with E-state index in [4.69, 9.17) is 0 Å². The predicted molar refractivity (Wildman–Crippen MR) is 146 cm³/mol. The van der Waals surface area contributed by atoms with Crippen molar-refractivity contribution in [2.75, 3.05) is 10.8 Å². The molecule has 0 bridgehead atoms. The number of hydrogen-bond donors (Lipinski definition) is 1. The van der Waals surface area contributed by atoms with Gasteiger partial charge in [0.25, 0.3) is 15.9 Å². The second kappa shape index (κ2) is 11.1. The van der Waals surface area contributed by atoms with Crippen LogP contribution in [0.4, 0.5) is 10.1 Å². The Morgan fingerprint density at radius 3 is 2.32 bits per heavy atom. The highest BCUT2D eigenvalue weighted by molar-refractivity contribution is 9.10. The summed E-state index contributed by atoms with van der Waals surface area (Å²) in [5, 5.41) is 4.05. The quantitative estimate of drug-likeness (QED) is 0.225. The Balaban J connectivity index is 1.53. The fourth-order valence-electron chi connectivity index (χ4n) is 3.89. The lowest BCUT2D eigenvalue weighted by Gasteiger charge is -2.23. The summed E-state index contributed by atoms with van der Waals surface area (Å²) in [4.78, 5) is 12.9. The molecular formula is C27H24BrFN4O3S. The number of aromatic nitrogens is 1. The van der Waals surface area contributed by atoms with Gasteiger partial charge < -0.3 is 4.57 Å². The minimum atomic E-state index is -4.01. The highest BCUT2D eigenvalue weighted by Crippen LogP contribution is 2.25. The summed E-state index contributed by atoms with van der Waals surface area (Å²) in [6.07, 6.45) is 1.50. The molecule has 4 rings (SSSR count). The summed E-state index contributed by atoms with van der Waals surface area (Å²) < 4.78 is 43.8. The number of nitrogens with zero attached hydrogens (tertiary/aromatic N) is 3. The fraction of sp³-hybridized carbons (Fsp3) is 0.111. The minimum absolute atomic E-state index is 0.0717. The maximum atomic E-state index is 13.4. The first-order chi connectivity index (χ1) is 17.7. The van der Waals surface area contributed by atoms with Gasteiger partial charge >= 0.3 is 0 Å². The molecule has 0 aliphatic carbocycles. The van der Waals surface area contributed by atoms with Crippen molar-refractivity contribution in [2.45, 2.75) is 18.7 Å². The van der Waals surface area contributed by atoms with Crippen molar-refractivity contribution in [1.29, 1.82) is 0 Å². The summed E-state index contributed by atoms with van der Waals surface area (Å²) in [6, 6.07) is 22.6. The van der Waals surface area contributed by atoms with E-state index in [2.05, 4.69) is 26.5 Å². The highest BCUT2D eigenvalue weighted by Gasteiger charge is 2.27. The minimum Gasteiger partial charge on any atom is -0.318 e. The third-order valence-corrected chi connectivity index (χ3v) is 8.00. The van der Waals surface area contributed by atoms with Crippen LogP contribution in [0, 0.1) is 19.7 Å². The Bertz CT molecular complexity index is 1540. The van der Waals surface area contributed by atoms with Crippen molar-refractivity contribution < 1.29 is 17.6 Å². The molecule has 37 heavy (non-hydrogen) atoms. The van der Waals surface area contributed by atoms with Crippen LogP contribution >= 0.6 is 15.9 Å². The molecule has 0 spiro atoms. The predicted octanol–water partition coefficient (Wildman–Crippen LogP) is 5.34. The van der Waals surface area contributed by atoms with Gasteiger partial charge in [-0.1, -0.05) is 34.1 Å². The Labute approximate surface area is 223 Å². The van der Waals surface area contributed by atoms with Crippen molar-refractivity contribution >= 4 is 43.8 Å². The van der Waals surface area contributed by atoms with Crippen molar-refractivity contribution in [2.24, 2.45) is 5.10 Å². The van der Waals surface area contributed by atoms with E-state index in [0.717, 1.165) is 31.4 Å². The highest BCUT2D eigenvalue weighted by atomic mass is 79.9. The number of halogens is 2. The molecule has 3 aromatic carbocycles. The molecule has 1 heterocycles. The molecule has 0 saturated carbocycles. The van der Waals surface area contributed by atoms with E-state index in [1.807, 2.05) is 24.5 Å². The number of sulfonamides is 1. The second-order valence-electron chi connectivity index (χ2n) is 8.23. The molecule has 1 aromatic heterocycles. The molecule has 0 aliphatic heterocycles. The summed E-state index contributed by atoms with van der Waals surface area (Å²) in [7, 11) is -4.01. The van der Waals surface area contributed by atoms with Crippen LogP contribution in [0.5, 0.6) is 0 Å². The first kappa shape index (κ1) is 26.3. The van der Waals surface area contributed by atoms with Crippen LogP contribution in [0.25, 0.3) is 5.69 Å². The molecule has 1 amide bonds. The van der Waals surface area contributed by atoms with E-state index in [0.29, 0.717) is 5.69 Å². The average Bonchev–Trinajstić information content (AvgIpc) is 3.17. The molecule has 0 fully saturated rings. The zero-order valence-electron chi connectivity index (χ0n) is 20.1. The monoisotopic (exact) mass is 582 g/mol. The lowest BCUT2D eigenvalue weighted by molar-refractivity contribution is -0.119. The van der Waals surface area contributed by atoms with E-state index in [1.165, 1.54) is 30.5 Å². The third kappa shape index (κ3) is 5.98. The van der Waals surface area contributed by atoms with E-state index in [-0.39, 0.29) is 10.7 Å². The molecule has 4 aromatic rings. The zero-order valence-corrected chi connectivity index (χ0v) is 22.5. The lowest BCUT2D eigenvalue weighted by Crippen LogP contribution is -2.39. The molecule has 10 heteroatoms. The van der Waals surface area contributed by atoms with Gasteiger partial charge in [-0.25, -0.2) is 18.2 Å². The lowest BCUT2D eigenvalue weighted by atomic mass is 10.2. The van der Waals surface area contributed by atoms with Gasteiger partial charge in [0.05, 0.1) is 16.8 Å². The van der Waals surface area contributed by atoms with Crippen molar-refractivity contribution in [1.82, 2.24) is 9.99 Å². The molecule has 0 radical (unpaired) electrons. The Morgan fingerprint density at radius 2 is 1.68 bits per heavy atom. The van der Waals surface area contributed by atoms with Crippen molar-refractivity contribution in [3.63, 3.8) is 0 Å². The number of carbonyl (C=O) groups is 1. The molecule has 7 nitrogen and oxygen atoms in total. The normalized spacial score (nSPS) is 11.6. The van der Waals surface area contributed by atoms with Crippen molar-refractivity contribution in [3.8, 4) is 5.69 Å². The first-order valence-electron chi connectivity index (χ1n) is 11.3. The van der Waals surface area contributed by atoms with Crippen LogP contribution in [0.3, 0.4) is 0 Å². The number of amides is 1. The van der Waals surface area contributed by atoms with Crippen LogP contribution in [-0.4, -0.2) is 31.7 Å². The number of rotatable bonds is 8. The van der Waals surface area contributed by atoms with Crippen LogP contribution in [-0.2, 0) is 14.8 Å². The number of hydrogen-bond acceptors (Lipinski definition) is 4. The van der Waals surface area contributed by atoms with E-state index >= 15 is 0 Å². The van der Waals surface area contributed by atoms with Crippen LogP contribution in [0.2, 0.25) is 0 Å². The number of nitrogens with one attached hydrogen (secondary N) is 1. The second-order valence-corrected chi connectivity index (χ2v) is 11.0. The van der Waals surface area contributed by atoms with Gasteiger partial charge in [-0.2, -0.15) is 5.10 Å². The molecule has 1 N–H and O–H groups in total. The summed E-state index contributed by atoms with van der Waals surface area (Å²) in [6.45, 7) is 3.34. The number of benzene rings is 3. The molecule has 190 valence electrons. The number of hydrazone groups is 1. The summed E-state index contributed by atoms with van der Waals surface area (Å²) >= 11 is 3.34. The van der Waals surface area contributed by atoms with Crippen LogP contribution in [0.15, 0.2) is 99.4 Å². The zero-order chi connectivity index (χ0) is 26.6. The summed E-state index contributed by atoms with van der Waals surface area (Å²) in [5.74, 6) is -0.923. The number of carbonyl (C=O) groups excluding carboxylic acids is 1. The number of aryl methyl sites for hydroxylation is 1. The molecule has 0 unspecified atom stereocenters. The van der Waals surface area contributed by atoms with Gasteiger partial charge in [0.15, 0.2) is 0 Å². The van der Waals surface area contributed by atoms with Gasteiger partial charge in [-0.3, -0.25) is 9.10 Å². The standard InChI is InChI=1S/C27H24BrFN4O3S/c1-19-16-21(20(2)33(19)25-14-10-23(29)11-15-25)17-30-31-27(34)18-32(24-12-8-22(28)9-13-24)37(35,36)26-6-4-3-5-7-26/h3-17H,18H2,1-2H3,(H,31,34)/b30-17-. The maximum Gasteiger partial charge on any atom is 0.264 e. The summed E-state index contributed by atoms with van der Waals surface area (Å²) in [5.41, 5.74) is 6.08. The van der Waals surface area contributed by atoms with Gasteiger partial charge in [0.1, 0.15) is 12.4 Å². The van der Waals surface area contributed by atoms with Gasteiger partial charge in [0.2, 0.25) is 0 Å². The number of anilines is 1. The first-order valence-corrected chi connectivity index (χ1v) is 13.5. The van der Waals surface area contributed by atoms with E-state index in [9.17, 15) is 17.6 Å². The Hall–Kier alpha value is -3.76. The van der Waals surface area contributed by atoms with Crippen LogP contribution in [0.1, 0.15) is 17.0 Å². The van der Waals surface area contributed by atoms with E-state index < -0.39 is 22.5 Å². The SMILES string of the molecule is Cc1cc(/C=N\NC(=O)CN(c2ccc(Br)cc2)S(=O)(=O)c2ccccc2)c(C)n1-c1ccc(F)cc1. The van der Waals surface area contributed by atoms with Gasteiger partial charge in [0, 0.05) is 27.1 Å². The maximum absolute atomic E-state index is 13.4. The molecule has 0 aliphatic rings. The largest absolute Gasteiger partial charge is 0.318 e. The molecule has 0 atom stereocenters. The van der Waals surface area contributed by atoms with Gasteiger partial charge in [-0.05, 0) is 80.6 Å². The Kier molecular flexibility index (Phi) is 7.89. The topological polar surface area (TPSA) is 83.8 Å². The van der Waals surface area contributed by atoms with E-state index in [1.54, 1.807) is 54.6 Å². The average molecular weight is 583 g/mol. The van der Waals surface area contributed by atoms with Crippen molar-refractivity contribution in [3.05, 3.63) is 112 Å².